The lowest BCUT2D eigenvalue weighted by Gasteiger charge is -2.13. The standard InChI is InChI=1S/C16H33NO3/c1-3-4-5-6-7-8-9-10-11-12-13-20-16(19)15(17)14(2)18/h14-15,18H,3-13,17H2,1-2H3. The Hall–Kier alpha value is -0.610. The third-order valence-electron chi connectivity index (χ3n) is 3.53. The van der Waals surface area contributed by atoms with Crippen molar-refractivity contribution in [3.05, 3.63) is 0 Å². The van der Waals surface area contributed by atoms with Crippen molar-refractivity contribution in [3.63, 3.8) is 0 Å². The molecule has 0 aliphatic rings. The Labute approximate surface area is 124 Å². The number of esters is 1. The van der Waals surface area contributed by atoms with Crippen LogP contribution in [0.3, 0.4) is 0 Å². The van der Waals surface area contributed by atoms with Crippen molar-refractivity contribution in [3.8, 4) is 0 Å². The number of rotatable bonds is 13. The van der Waals surface area contributed by atoms with E-state index < -0.39 is 18.1 Å². The lowest BCUT2D eigenvalue weighted by atomic mass is 10.1. The van der Waals surface area contributed by atoms with E-state index in [0.717, 1.165) is 12.8 Å². The van der Waals surface area contributed by atoms with Gasteiger partial charge in [-0.3, -0.25) is 4.79 Å². The summed E-state index contributed by atoms with van der Waals surface area (Å²) in [5.74, 6) is -0.504. The molecule has 0 spiro atoms. The Kier molecular flexibility index (Phi) is 13.0. The van der Waals surface area contributed by atoms with Gasteiger partial charge in [0.1, 0.15) is 6.04 Å². The summed E-state index contributed by atoms with van der Waals surface area (Å²) in [6.07, 6.45) is 11.7. The van der Waals surface area contributed by atoms with Gasteiger partial charge < -0.3 is 15.6 Å². The Morgan fingerprint density at radius 3 is 1.90 bits per heavy atom. The summed E-state index contributed by atoms with van der Waals surface area (Å²) in [5.41, 5.74) is 5.47. The summed E-state index contributed by atoms with van der Waals surface area (Å²) in [6.45, 7) is 4.14. The molecule has 0 aromatic carbocycles. The predicted octanol–water partition coefficient (Wildman–Crippen LogP) is 3.16. The minimum Gasteiger partial charge on any atom is -0.464 e. The maximum absolute atomic E-state index is 11.3. The summed E-state index contributed by atoms with van der Waals surface area (Å²) in [6, 6.07) is -0.918. The second kappa shape index (κ2) is 13.4. The van der Waals surface area contributed by atoms with Crippen LogP contribution in [0.2, 0.25) is 0 Å². The van der Waals surface area contributed by atoms with Gasteiger partial charge >= 0.3 is 5.97 Å². The van der Waals surface area contributed by atoms with E-state index in [9.17, 15) is 4.79 Å². The van der Waals surface area contributed by atoms with Gasteiger partial charge in [0, 0.05) is 0 Å². The number of hydrogen-bond acceptors (Lipinski definition) is 4. The normalized spacial score (nSPS) is 14.0. The minimum atomic E-state index is -0.918. The van der Waals surface area contributed by atoms with Crippen LogP contribution < -0.4 is 5.73 Å². The van der Waals surface area contributed by atoms with Crippen LogP contribution in [0.15, 0.2) is 0 Å². The third-order valence-corrected chi connectivity index (χ3v) is 3.53. The molecule has 0 heterocycles. The third kappa shape index (κ3) is 11.2. The topological polar surface area (TPSA) is 72.5 Å². The van der Waals surface area contributed by atoms with Crippen molar-refractivity contribution in [1.82, 2.24) is 0 Å². The highest BCUT2D eigenvalue weighted by atomic mass is 16.5. The van der Waals surface area contributed by atoms with Crippen LogP contribution >= 0.6 is 0 Å². The molecule has 0 amide bonds. The van der Waals surface area contributed by atoms with Gasteiger partial charge in [0.2, 0.25) is 0 Å². The van der Waals surface area contributed by atoms with E-state index >= 15 is 0 Å². The molecule has 0 saturated heterocycles. The molecule has 0 aliphatic heterocycles. The minimum absolute atomic E-state index is 0.412. The Morgan fingerprint density at radius 2 is 1.45 bits per heavy atom. The molecule has 0 aliphatic carbocycles. The molecular formula is C16H33NO3. The molecule has 2 unspecified atom stereocenters. The fourth-order valence-corrected chi connectivity index (χ4v) is 2.06. The van der Waals surface area contributed by atoms with E-state index in [2.05, 4.69) is 6.92 Å². The molecule has 3 N–H and O–H groups in total. The maximum Gasteiger partial charge on any atom is 0.325 e. The zero-order chi connectivity index (χ0) is 15.2. The Morgan fingerprint density at radius 1 is 1.00 bits per heavy atom. The highest BCUT2D eigenvalue weighted by molar-refractivity contribution is 5.76. The van der Waals surface area contributed by atoms with E-state index in [-0.39, 0.29) is 0 Å². The second-order valence-corrected chi connectivity index (χ2v) is 5.62. The number of aliphatic hydroxyl groups is 1. The fourth-order valence-electron chi connectivity index (χ4n) is 2.06. The molecule has 20 heavy (non-hydrogen) atoms. The number of aliphatic hydroxyl groups excluding tert-OH is 1. The van der Waals surface area contributed by atoms with Crippen molar-refractivity contribution in [2.75, 3.05) is 6.61 Å². The summed E-state index contributed by atoms with van der Waals surface area (Å²) in [4.78, 5) is 11.3. The quantitative estimate of drug-likeness (QED) is 0.403. The lowest BCUT2D eigenvalue weighted by molar-refractivity contribution is -0.147. The van der Waals surface area contributed by atoms with Crippen LogP contribution in [-0.4, -0.2) is 29.8 Å². The summed E-state index contributed by atoms with van der Waals surface area (Å²) in [7, 11) is 0. The van der Waals surface area contributed by atoms with Crippen molar-refractivity contribution in [1.29, 1.82) is 0 Å². The molecule has 0 saturated carbocycles. The number of hydrogen-bond donors (Lipinski definition) is 2. The van der Waals surface area contributed by atoms with Crippen LogP contribution in [0, 0.1) is 0 Å². The highest BCUT2D eigenvalue weighted by Crippen LogP contribution is 2.10. The Balaban J connectivity index is 3.23. The van der Waals surface area contributed by atoms with Gasteiger partial charge in [-0.05, 0) is 13.3 Å². The van der Waals surface area contributed by atoms with Gasteiger partial charge in [0.15, 0.2) is 0 Å². The summed E-state index contributed by atoms with van der Waals surface area (Å²) in [5, 5.41) is 9.14. The Bertz CT molecular complexity index is 232. The first kappa shape index (κ1) is 19.4. The van der Waals surface area contributed by atoms with Gasteiger partial charge in [0.05, 0.1) is 12.7 Å². The molecule has 0 aromatic rings. The summed E-state index contributed by atoms with van der Waals surface area (Å²) < 4.78 is 5.01. The van der Waals surface area contributed by atoms with Crippen LogP contribution in [0.25, 0.3) is 0 Å². The molecule has 0 aromatic heterocycles. The first-order valence-electron chi connectivity index (χ1n) is 8.19. The van der Waals surface area contributed by atoms with Gasteiger partial charge in [0.25, 0.3) is 0 Å². The number of nitrogens with two attached hydrogens (primary N) is 1. The van der Waals surface area contributed by atoms with Gasteiger partial charge in [-0.1, -0.05) is 64.7 Å². The first-order valence-corrected chi connectivity index (χ1v) is 8.19. The average molecular weight is 287 g/mol. The van der Waals surface area contributed by atoms with Crippen LogP contribution in [0.5, 0.6) is 0 Å². The molecule has 0 bridgehead atoms. The zero-order valence-electron chi connectivity index (χ0n) is 13.3. The smallest absolute Gasteiger partial charge is 0.325 e. The molecule has 4 nitrogen and oxygen atoms in total. The second-order valence-electron chi connectivity index (χ2n) is 5.62. The predicted molar refractivity (Wildman–Crippen MR) is 82.5 cm³/mol. The van der Waals surface area contributed by atoms with Crippen LogP contribution in [0.4, 0.5) is 0 Å². The molecule has 2 atom stereocenters. The molecule has 0 rings (SSSR count). The van der Waals surface area contributed by atoms with E-state index in [1.807, 2.05) is 0 Å². The van der Waals surface area contributed by atoms with Crippen molar-refractivity contribution in [2.24, 2.45) is 5.73 Å². The van der Waals surface area contributed by atoms with Crippen LogP contribution in [0.1, 0.15) is 78.1 Å². The lowest BCUT2D eigenvalue weighted by Crippen LogP contribution is -2.41. The molecule has 0 fully saturated rings. The summed E-state index contributed by atoms with van der Waals surface area (Å²) >= 11 is 0. The van der Waals surface area contributed by atoms with Crippen molar-refractivity contribution in [2.45, 2.75) is 90.2 Å². The SMILES string of the molecule is CCCCCCCCCCCCOC(=O)C(N)C(C)O. The molecular weight excluding hydrogens is 254 g/mol. The monoisotopic (exact) mass is 287 g/mol. The van der Waals surface area contributed by atoms with Crippen LogP contribution in [-0.2, 0) is 9.53 Å². The largest absolute Gasteiger partial charge is 0.464 e. The number of ether oxygens (including phenoxy) is 1. The molecule has 120 valence electrons. The maximum atomic E-state index is 11.3. The van der Waals surface area contributed by atoms with E-state index in [1.54, 1.807) is 0 Å². The van der Waals surface area contributed by atoms with E-state index in [4.69, 9.17) is 15.6 Å². The van der Waals surface area contributed by atoms with Crippen molar-refractivity contribution < 1.29 is 14.6 Å². The number of carbonyl (C=O) groups is 1. The van der Waals surface area contributed by atoms with Gasteiger partial charge in [-0.15, -0.1) is 0 Å². The zero-order valence-corrected chi connectivity index (χ0v) is 13.3. The van der Waals surface area contributed by atoms with Gasteiger partial charge in [-0.2, -0.15) is 0 Å². The van der Waals surface area contributed by atoms with Gasteiger partial charge in [-0.25, -0.2) is 0 Å². The average Bonchev–Trinajstić information content (AvgIpc) is 2.43. The highest BCUT2D eigenvalue weighted by Gasteiger charge is 2.19. The molecule has 4 heteroatoms. The molecule has 0 radical (unpaired) electrons. The first-order chi connectivity index (χ1) is 9.59. The number of carbonyl (C=O) groups excluding carboxylic acids is 1. The fraction of sp³-hybridized carbons (Fsp3) is 0.938. The van der Waals surface area contributed by atoms with Crippen molar-refractivity contribution >= 4 is 5.97 Å². The number of unbranched alkanes of at least 4 members (excludes halogenated alkanes) is 9. The van der Waals surface area contributed by atoms with E-state index in [0.29, 0.717) is 6.61 Å². The van der Waals surface area contributed by atoms with E-state index in [1.165, 1.54) is 58.3 Å².